The number of benzene rings is 4. The molecule has 0 saturated heterocycles. The number of aliphatic hydroxyl groups is 1. The Kier molecular flexibility index (Phi) is 10.3. The van der Waals surface area contributed by atoms with E-state index in [9.17, 15) is 4.79 Å². The molecule has 0 saturated carbocycles. The third-order valence-electron chi connectivity index (χ3n) is 7.31. The lowest BCUT2D eigenvalue weighted by Crippen LogP contribution is -2.47. The molecule has 2 N–H and O–H groups in total. The van der Waals surface area contributed by atoms with Gasteiger partial charge in [0.2, 0.25) is 5.90 Å². The zero-order valence-corrected chi connectivity index (χ0v) is 25.2. The van der Waals surface area contributed by atoms with E-state index in [1.807, 2.05) is 109 Å². The molecule has 0 bridgehead atoms. The minimum absolute atomic E-state index is 0.0641. The number of hydrogen-bond acceptors (Lipinski definition) is 6. The fraction of sp³-hybridized carbons (Fsp3) is 0.222. The van der Waals surface area contributed by atoms with Gasteiger partial charge in [0.15, 0.2) is 11.6 Å². The summed E-state index contributed by atoms with van der Waals surface area (Å²) in [4.78, 5) is 19.4. The van der Waals surface area contributed by atoms with Gasteiger partial charge >= 0.3 is 0 Å². The number of halogens is 1. The molecule has 4 aromatic rings. The first-order valence-corrected chi connectivity index (χ1v) is 14.9. The second-order valence-corrected chi connectivity index (χ2v) is 10.8. The summed E-state index contributed by atoms with van der Waals surface area (Å²) in [5.41, 5.74) is 2.03. The van der Waals surface area contributed by atoms with Gasteiger partial charge in [0.1, 0.15) is 11.5 Å². The van der Waals surface area contributed by atoms with Crippen LogP contribution in [0.3, 0.4) is 0 Å². The molecule has 1 aliphatic heterocycles. The number of carbonyl (C=O) groups is 1. The SMILES string of the molecule is COc1cccc([C@H]2OC(c3ccc(OCCCO)cc3)=N[C@@]2(C/C=C/c2ccccc2)C(=O)NCc2cccc(Cl)c2)c1. The quantitative estimate of drug-likeness (QED) is 0.163. The third kappa shape index (κ3) is 7.48. The van der Waals surface area contributed by atoms with Crippen molar-refractivity contribution in [3.63, 3.8) is 0 Å². The van der Waals surface area contributed by atoms with Crippen molar-refractivity contribution in [3.8, 4) is 11.5 Å². The van der Waals surface area contributed by atoms with Crippen LogP contribution in [-0.4, -0.2) is 42.8 Å². The minimum atomic E-state index is -1.33. The summed E-state index contributed by atoms with van der Waals surface area (Å²) in [5.74, 6) is 1.39. The van der Waals surface area contributed by atoms with Gasteiger partial charge < -0.3 is 24.6 Å². The maximum absolute atomic E-state index is 14.3. The Morgan fingerprint density at radius 3 is 2.55 bits per heavy atom. The Hall–Kier alpha value is -4.59. The second kappa shape index (κ2) is 14.7. The highest BCUT2D eigenvalue weighted by Crippen LogP contribution is 2.43. The fourth-order valence-corrected chi connectivity index (χ4v) is 5.25. The summed E-state index contributed by atoms with van der Waals surface area (Å²) >= 11 is 6.21. The summed E-state index contributed by atoms with van der Waals surface area (Å²) < 4.78 is 17.8. The van der Waals surface area contributed by atoms with E-state index in [1.165, 1.54) is 0 Å². The summed E-state index contributed by atoms with van der Waals surface area (Å²) in [7, 11) is 1.61. The minimum Gasteiger partial charge on any atom is -0.497 e. The number of methoxy groups -OCH3 is 1. The molecule has 4 aromatic carbocycles. The van der Waals surface area contributed by atoms with Crippen LogP contribution in [0.1, 0.15) is 41.2 Å². The summed E-state index contributed by atoms with van der Waals surface area (Å²) in [5, 5.41) is 12.8. The maximum atomic E-state index is 14.3. The van der Waals surface area contributed by atoms with E-state index in [0.717, 1.165) is 16.7 Å². The zero-order chi connectivity index (χ0) is 30.8. The second-order valence-electron chi connectivity index (χ2n) is 10.4. The van der Waals surface area contributed by atoms with Crippen LogP contribution in [0.15, 0.2) is 114 Å². The summed E-state index contributed by atoms with van der Waals surface area (Å²) in [6.07, 6.45) is 4.03. The Morgan fingerprint density at radius 2 is 1.80 bits per heavy atom. The smallest absolute Gasteiger partial charge is 0.252 e. The highest BCUT2D eigenvalue weighted by Gasteiger charge is 2.52. The molecule has 0 fully saturated rings. The van der Waals surface area contributed by atoms with E-state index in [-0.39, 0.29) is 25.5 Å². The number of aliphatic hydroxyl groups excluding tert-OH is 1. The van der Waals surface area contributed by atoms with E-state index >= 15 is 0 Å². The molecule has 5 rings (SSSR count). The Morgan fingerprint density at radius 1 is 1.00 bits per heavy atom. The Balaban J connectivity index is 1.54. The van der Waals surface area contributed by atoms with Gasteiger partial charge in [-0.05, 0) is 65.2 Å². The van der Waals surface area contributed by atoms with Crippen molar-refractivity contribution >= 4 is 29.5 Å². The van der Waals surface area contributed by atoms with Gasteiger partial charge in [0.25, 0.3) is 5.91 Å². The van der Waals surface area contributed by atoms with E-state index < -0.39 is 11.6 Å². The fourth-order valence-electron chi connectivity index (χ4n) is 5.04. The first-order chi connectivity index (χ1) is 21.5. The Labute approximate surface area is 262 Å². The van der Waals surface area contributed by atoms with Crippen LogP contribution in [0.2, 0.25) is 5.02 Å². The summed E-state index contributed by atoms with van der Waals surface area (Å²) in [6, 6.07) is 32.2. The predicted molar refractivity (Wildman–Crippen MR) is 173 cm³/mol. The van der Waals surface area contributed by atoms with Crippen LogP contribution in [-0.2, 0) is 16.1 Å². The molecule has 1 heterocycles. The third-order valence-corrected chi connectivity index (χ3v) is 7.54. The largest absolute Gasteiger partial charge is 0.497 e. The van der Waals surface area contributed by atoms with Crippen LogP contribution >= 0.6 is 11.6 Å². The van der Waals surface area contributed by atoms with E-state index in [2.05, 4.69) is 5.32 Å². The number of hydrogen-bond donors (Lipinski definition) is 2. The zero-order valence-electron chi connectivity index (χ0n) is 24.5. The van der Waals surface area contributed by atoms with Crippen molar-refractivity contribution in [2.75, 3.05) is 20.3 Å². The van der Waals surface area contributed by atoms with Gasteiger partial charge in [-0.1, -0.05) is 78.4 Å². The molecule has 7 nitrogen and oxygen atoms in total. The van der Waals surface area contributed by atoms with Crippen LogP contribution in [0, 0.1) is 0 Å². The van der Waals surface area contributed by atoms with Crippen LogP contribution < -0.4 is 14.8 Å². The number of carbonyl (C=O) groups excluding carboxylic acids is 1. The van der Waals surface area contributed by atoms with E-state index in [0.29, 0.717) is 41.0 Å². The van der Waals surface area contributed by atoms with Gasteiger partial charge in [0.05, 0.1) is 13.7 Å². The molecule has 44 heavy (non-hydrogen) atoms. The lowest BCUT2D eigenvalue weighted by atomic mass is 9.84. The predicted octanol–water partition coefficient (Wildman–Crippen LogP) is 6.79. The highest BCUT2D eigenvalue weighted by molar-refractivity contribution is 6.30. The van der Waals surface area contributed by atoms with Crippen LogP contribution in [0.25, 0.3) is 6.08 Å². The lowest BCUT2D eigenvalue weighted by Gasteiger charge is -2.30. The monoisotopic (exact) mass is 610 g/mol. The molecule has 0 radical (unpaired) electrons. The molecule has 226 valence electrons. The molecular formula is C36H35ClN2O5. The summed E-state index contributed by atoms with van der Waals surface area (Å²) in [6.45, 7) is 0.753. The maximum Gasteiger partial charge on any atom is 0.252 e. The first kappa shape index (κ1) is 30.9. The normalized spacial score (nSPS) is 17.6. The number of nitrogens with one attached hydrogen (secondary N) is 1. The number of amides is 1. The van der Waals surface area contributed by atoms with Gasteiger partial charge in [-0.2, -0.15) is 0 Å². The van der Waals surface area contributed by atoms with Gasteiger partial charge in [-0.25, -0.2) is 4.99 Å². The molecule has 1 amide bonds. The topological polar surface area (TPSA) is 89.4 Å². The van der Waals surface area contributed by atoms with Crippen molar-refractivity contribution in [3.05, 3.63) is 136 Å². The molecule has 0 aliphatic carbocycles. The standard InChI is InChI=1S/C36H35ClN2O5/c1-42-32-15-6-13-29(24-32)33-36(20-7-12-26-9-3-2-4-10-26,35(41)38-25-27-11-5-14-30(37)23-27)39-34(44-33)28-16-18-31(19-17-28)43-22-8-21-40/h2-7,9-19,23-24,33,40H,8,20-22,25H2,1H3,(H,38,41)/b12-7+/t33-,36-/m1/s1. The van der Waals surface area contributed by atoms with Crippen LogP contribution in [0.5, 0.6) is 11.5 Å². The van der Waals surface area contributed by atoms with Gasteiger partial charge in [-0.3, -0.25) is 4.79 Å². The molecule has 8 heteroatoms. The number of rotatable bonds is 13. The average molecular weight is 611 g/mol. The van der Waals surface area contributed by atoms with Gasteiger partial charge in [0, 0.05) is 36.6 Å². The molecule has 0 spiro atoms. The first-order valence-electron chi connectivity index (χ1n) is 14.5. The molecule has 2 atom stereocenters. The molecule has 1 aliphatic rings. The number of nitrogens with zero attached hydrogens (tertiary/aromatic N) is 1. The van der Waals surface area contributed by atoms with Gasteiger partial charge in [-0.15, -0.1) is 0 Å². The van der Waals surface area contributed by atoms with Crippen molar-refractivity contribution in [1.82, 2.24) is 5.32 Å². The van der Waals surface area contributed by atoms with Crippen LogP contribution in [0.4, 0.5) is 0 Å². The van der Waals surface area contributed by atoms with Crippen molar-refractivity contribution in [2.45, 2.75) is 31.0 Å². The number of ether oxygens (including phenoxy) is 3. The average Bonchev–Trinajstić information content (AvgIpc) is 3.45. The lowest BCUT2D eigenvalue weighted by molar-refractivity contribution is -0.129. The van der Waals surface area contributed by atoms with Crippen molar-refractivity contribution < 1.29 is 24.1 Å². The Bertz CT molecular complexity index is 1610. The van der Waals surface area contributed by atoms with E-state index in [1.54, 1.807) is 13.2 Å². The highest BCUT2D eigenvalue weighted by atomic mass is 35.5. The number of aliphatic imine (C=N–C) groups is 1. The van der Waals surface area contributed by atoms with Crippen molar-refractivity contribution in [2.24, 2.45) is 4.99 Å². The van der Waals surface area contributed by atoms with E-state index in [4.69, 9.17) is 35.9 Å². The molecular weight excluding hydrogens is 576 g/mol. The van der Waals surface area contributed by atoms with Crippen molar-refractivity contribution in [1.29, 1.82) is 0 Å². The molecule has 0 aromatic heterocycles. The molecule has 0 unspecified atom stereocenters.